The minimum absolute atomic E-state index is 0.0593. The van der Waals surface area contributed by atoms with Crippen molar-refractivity contribution in [3.8, 4) is 0 Å². The van der Waals surface area contributed by atoms with Crippen molar-refractivity contribution in [1.82, 2.24) is 0 Å². The number of carbonyl (C=O) groups is 2. The van der Waals surface area contributed by atoms with Crippen LogP contribution in [0, 0.1) is 0 Å². The van der Waals surface area contributed by atoms with Gasteiger partial charge in [-0.05, 0) is 24.3 Å². The molecule has 0 aromatic heterocycles. The highest BCUT2D eigenvalue weighted by atomic mass is 32.2. The van der Waals surface area contributed by atoms with Crippen molar-refractivity contribution in [2.75, 3.05) is 6.61 Å². The van der Waals surface area contributed by atoms with E-state index in [1.165, 1.54) is 0 Å². The number of ether oxygens (including phenoxy) is 1. The molecule has 0 amide bonds. The van der Waals surface area contributed by atoms with Gasteiger partial charge in [0.2, 0.25) is 0 Å². The van der Waals surface area contributed by atoms with Crippen LogP contribution in [-0.4, -0.2) is 34.2 Å². The third kappa shape index (κ3) is 5.09. The van der Waals surface area contributed by atoms with E-state index in [-0.39, 0.29) is 11.1 Å². The third-order valence-electron chi connectivity index (χ3n) is 1.93. The Bertz CT molecular complexity index is 477. The van der Waals surface area contributed by atoms with Gasteiger partial charge in [-0.25, -0.2) is 14.8 Å². The zero-order valence-electron chi connectivity index (χ0n) is 9.62. The van der Waals surface area contributed by atoms with Gasteiger partial charge in [-0.2, -0.15) is 8.78 Å². The van der Waals surface area contributed by atoms with Gasteiger partial charge in [-0.15, -0.1) is 4.33 Å². The summed E-state index contributed by atoms with van der Waals surface area (Å²) in [6.45, 7) is -1.32. The van der Waals surface area contributed by atoms with E-state index in [4.69, 9.17) is 10.4 Å². The van der Waals surface area contributed by atoms with Gasteiger partial charge in [-0.1, -0.05) is 5.04 Å². The first kappa shape index (κ1) is 16.3. The molecule has 0 aliphatic heterocycles. The maximum absolute atomic E-state index is 12.9. The molecule has 0 aliphatic carbocycles. The second-order valence-electron chi connectivity index (χ2n) is 3.32. The maximum atomic E-state index is 12.9. The average molecular weight is 310 g/mol. The molecule has 7 nitrogen and oxygen atoms in total. The number of carbonyl (C=O) groups excluding carboxylic acids is 1. The second kappa shape index (κ2) is 7.14. The number of hydrogen-bond donors (Lipinski definition) is 2. The standard InChI is InChI=1S/C10H8F2O7S/c11-10(12,20-19-18-16)5-17-9(15)7-3-1-6(2-4-7)8(13)14/h1-4,16H,5H2,(H,13,14). The van der Waals surface area contributed by atoms with E-state index in [9.17, 15) is 18.4 Å². The molecule has 110 valence electrons. The lowest BCUT2D eigenvalue weighted by Crippen LogP contribution is -2.22. The number of carboxylic acids is 1. The van der Waals surface area contributed by atoms with Gasteiger partial charge in [0.1, 0.15) is 12.0 Å². The zero-order valence-corrected chi connectivity index (χ0v) is 10.4. The van der Waals surface area contributed by atoms with Gasteiger partial charge >= 0.3 is 17.2 Å². The number of benzene rings is 1. The number of halogens is 2. The molecule has 0 radical (unpaired) electrons. The highest BCUT2D eigenvalue weighted by Crippen LogP contribution is 2.30. The van der Waals surface area contributed by atoms with Crippen molar-refractivity contribution < 1.29 is 42.8 Å². The summed E-state index contributed by atoms with van der Waals surface area (Å²) in [6.07, 6.45) is 0. The average Bonchev–Trinajstić information content (AvgIpc) is 2.43. The van der Waals surface area contributed by atoms with E-state index in [0.717, 1.165) is 24.3 Å². The molecule has 0 aliphatic rings. The van der Waals surface area contributed by atoms with E-state index < -0.39 is 35.8 Å². The summed E-state index contributed by atoms with van der Waals surface area (Å²) in [6, 6.07) is 4.53. The van der Waals surface area contributed by atoms with Crippen LogP contribution in [0.5, 0.6) is 0 Å². The first-order valence-electron chi connectivity index (χ1n) is 4.90. The SMILES string of the molecule is O=C(O)c1ccc(C(=O)OCC(F)(F)SOOO)cc1. The summed E-state index contributed by atoms with van der Waals surface area (Å²) in [4.78, 5) is 22.0. The number of rotatable bonds is 7. The van der Waals surface area contributed by atoms with E-state index in [1.54, 1.807) is 0 Å². The quantitative estimate of drug-likeness (QED) is 0.342. The third-order valence-corrected chi connectivity index (χ3v) is 2.42. The summed E-state index contributed by atoms with van der Waals surface area (Å²) < 4.78 is 33.8. The molecule has 0 bridgehead atoms. The molecule has 0 fully saturated rings. The maximum Gasteiger partial charge on any atom is 0.354 e. The fraction of sp³-hybridized carbons (Fsp3) is 0.200. The Morgan fingerprint density at radius 2 is 1.75 bits per heavy atom. The van der Waals surface area contributed by atoms with Crippen LogP contribution in [0.2, 0.25) is 0 Å². The lowest BCUT2D eigenvalue weighted by molar-refractivity contribution is -0.433. The molecule has 1 rings (SSSR count). The summed E-state index contributed by atoms with van der Waals surface area (Å²) in [7, 11) is 0. The summed E-state index contributed by atoms with van der Waals surface area (Å²) in [5.74, 6) is -2.25. The molecular formula is C10H8F2O7S. The van der Waals surface area contributed by atoms with E-state index in [1.807, 2.05) is 0 Å². The van der Waals surface area contributed by atoms with Crippen LogP contribution >= 0.6 is 12.0 Å². The van der Waals surface area contributed by atoms with Crippen LogP contribution in [0.15, 0.2) is 24.3 Å². The number of carboxylic acid groups (broad SMARTS) is 1. The molecule has 10 heteroatoms. The Balaban J connectivity index is 2.56. The Morgan fingerprint density at radius 1 is 1.20 bits per heavy atom. The van der Waals surface area contributed by atoms with Crippen LogP contribution in [0.4, 0.5) is 8.78 Å². The molecule has 0 unspecified atom stereocenters. The first-order chi connectivity index (χ1) is 9.35. The van der Waals surface area contributed by atoms with E-state index >= 15 is 0 Å². The highest BCUT2D eigenvalue weighted by Gasteiger charge is 2.34. The zero-order chi connectivity index (χ0) is 15.2. The Hall–Kier alpha value is -1.75. The molecule has 0 saturated carbocycles. The van der Waals surface area contributed by atoms with Gasteiger partial charge in [0.15, 0.2) is 6.61 Å². The van der Waals surface area contributed by atoms with Crippen molar-refractivity contribution >= 4 is 24.0 Å². The van der Waals surface area contributed by atoms with Crippen molar-refractivity contribution in [2.45, 2.75) is 5.25 Å². The van der Waals surface area contributed by atoms with Crippen molar-refractivity contribution in [3.05, 3.63) is 35.4 Å². The molecule has 1 aromatic carbocycles. The van der Waals surface area contributed by atoms with E-state index in [2.05, 4.69) is 14.1 Å². The number of hydrogen-bond acceptors (Lipinski definition) is 7. The molecular weight excluding hydrogens is 302 g/mol. The Kier molecular flexibility index (Phi) is 5.82. The van der Waals surface area contributed by atoms with Gasteiger partial charge in [0.25, 0.3) is 0 Å². The minimum Gasteiger partial charge on any atom is -0.478 e. The van der Waals surface area contributed by atoms with E-state index in [0.29, 0.717) is 0 Å². The first-order valence-corrected chi connectivity index (χ1v) is 5.64. The largest absolute Gasteiger partial charge is 0.478 e. The number of esters is 1. The van der Waals surface area contributed by atoms with Gasteiger partial charge in [0.05, 0.1) is 11.1 Å². The second-order valence-corrected chi connectivity index (χ2v) is 4.22. The lowest BCUT2D eigenvalue weighted by Gasteiger charge is -2.13. The minimum atomic E-state index is -3.63. The van der Waals surface area contributed by atoms with Crippen molar-refractivity contribution in [1.29, 1.82) is 0 Å². The molecule has 2 N–H and O–H groups in total. The molecule has 0 spiro atoms. The molecule has 0 atom stereocenters. The van der Waals surface area contributed by atoms with Crippen LogP contribution in [-0.2, 0) is 14.1 Å². The summed E-state index contributed by atoms with van der Waals surface area (Å²) >= 11 is -0.538. The highest BCUT2D eigenvalue weighted by molar-refractivity contribution is 7.95. The van der Waals surface area contributed by atoms with Crippen LogP contribution in [0.3, 0.4) is 0 Å². The van der Waals surface area contributed by atoms with Gasteiger partial charge in [-0.3, -0.25) is 0 Å². The van der Waals surface area contributed by atoms with Crippen LogP contribution in [0.1, 0.15) is 20.7 Å². The van der Waals surface area contributed by atoms with Gasteiger partial charge < -0.3 is 9.84 Å². The smallest absolute Gasteiger partial charge is 0.354 e. The molecule has 0 heterocycles. The number of aromatic carboxylic acids is 1. The topological polar surface area (TPSA) is 102 Å². The Labute approximate surface area is 115 Å². The van der Waals surface area contributed by atoms with Crippen molar-refractivity contribution in [3.63, 3.8) is 0 Å². The predicted molar refractivity (Wildman–Crippen MR) is 61.0 cm³/mol. The molecule has 1 aromatic rings. The monoisotopic (exact) mass is 310 g/mol. The molecule has 0 saturated heterocycles. The lowest BCUT2D eigenvalue weighted by atomic mass is 10.1. The summed E-state index contributed by atoms with van der Waals surface area (Å²) in [5, 5.41) is 15.7. The molecule has 20 heavy (non-hydrogen) atoms. The summed E-state index contributed by atoms with van der Waals surface area (Å²) in [5.41, 5.74) is -0.147. The predicted octanol–water partition coefficient (Wildman–Crippen LogP) is 2.20. The van der Waals surface area contributed by atoms with Crippen molar-refractivity contribution in [2.24, 2.45) is 0 Å². The number of alkyl halides is 2. The fourth-order valence-electron chi connectivity index (χ4n) is 1.07. The van der Waals surface area contributed by atoms with Crippen LogP contribution < -0.4 is 0 Å². The Morgan fingerprint density at radius 3 is 2.25 bits per heavy atom. The van der Waals surface area contributed by atoms with Crippen LogP contribution in [0.25, 0.3) is 0 Å². The van der Waals surface area contributed by atoms with Gasteiger partial charge in [0, 0.05) is 0 Å². The fourth-order valence-corrected chi connectivity index (χ4v) is 1.31. The normalized spacial score (nSPS) is 11.2.